The topological polar surface area (TPSA) is 59.9 Å². The summed E-state index contributed by atoms with van der Waals surface area (Å²) in [4.78, 5) is 13.6. The smallest absolute Gasteiger partial charge is 0.162 e. The molecule has 0 spiro atoms. The molecule has 3 heterocycles. The highest BCUT2D eigenvalue weighted by Gasteiger charge is 2.30. The number of fused-ring (bicyclic) bond motifs is 1. The minimum absolute atomic E-state index is 0.165. The van der Waals surface area contributed by atoms with Gasteiger partial charge < -0.3 is 10.1 Å². The van der Waals surface area contributed by atoms with Gasteiger partial charge in [0.2, 0.25) is 0 Å². The Labute approximate surface area is 141 Å². The average molecular weight is 320 g/mol. The molecule has 2 aromatic heterocycles. The number of anilines is 1. The minimum atomic E-state index is 0.165. The average Bonchev–Trinajstić information content (AvgIpc) is 2.93. The minimum Gasteiger partial charge on any atom is -0.373 e. The van der Waals surface area contributed by atoms with Gasteiger partial charge in [-0.15, -0.1) is 0 Å². The summed E-state index contributed by atoms with van der Waals surface area (Å²) in [6.45, 7) is 4.22. The lowest BCUT2D eigenvalue weighted by molar-refractivity contribution is 0.0650. The van der Waals surface area contributed by atoms with Gasteiger partial charge in [0.25, 0.3) is 0 Å². The van der Waals surface area contributed by atoms with Crippen molar-refractivity contribution in [3.63, 3.8) is 0 Å². The standard InChI is InChI=1S/C19H20N4O/c1-12-11-17(13(2)24-12)22-19-15-5-3-4-6-16(15)21-18(23-19)14-7-9-20-10-8-14/h3-10,12-13,17H,11H2,1-2H3,(H,21,22,23). The number of nitrogens with one attached hydrogen (secondary N) is 1. The van der Waals surface area contributed by atoms with Crippen LogP contribution in [-0.4, -0.2) is 33.2 Å². The molecule has 3 atom stereocenters. The van der Waals surface area contributed by atoms with E-state index in [0.717, 1.165) is 28.7 Å². The Kier molecular flexibility index (Phi) is 3.86. The van der Waals surface area contributed by atoms with Crippen molar-refractivity contribution in [1.29, 1.82) is 0 Å². The first-order valence-electron chi connectivity index (χ1n) is 8.30. The maximum Gasteiger partial charge on any atom is 0.162 e. The van der Waals surface area contributed by atoms with E-state index in [-0.39, 0.29) is 18.2 Å². The summed E-state index contributed by atoms with van der Waals surface area (Å²) in [7, 11) is 0. The van der Waals surface area contributed by atoms with Gasteiger partial charge in [-0.25, -0.2) is 9.97 Å². The predicted molar refractivity (Wildman–Crippen MR) is 94.8 cm³/mol. The van der Waals surface area contributed by atoms with Crippen LogP contribution in [0.2, 0.25) is 0 Å². The van der Waals surface area contributed by atoms with E-state index in [1.807, 2.05) is 30.3 Å². The first kappa shape index (κ1) is 15.0. The van der Waals surface area contributed by atoms with E-state index in [1.165, 1.54) is 0 Å². The number of hydrogen-bond acceptors (Lipinski definition) is 5. The molecule has 1 saturated heterocycles. The van der Waals surface area contributed by atoms with Gasteiger partial charge in [-0.05, 0) is 44.5 Å². The van der Waals surface area contributed by atoms with E-state index in [4.69, 9.17) is 14.7 Å². The molecule has 1 aliphatic rings. The molecule has 4 rings (SSSR count). The van der Waals surface area contributed by atoms with Crippen molar-refractivity contribution in [1.82, 2.24) is 15.0 Å². The molecule has 3 unspecified atom stereocenters. The van der Waals surface area contributed by atoms with Gasteiger partial charge >= 0.3 is 0 Å². The number of ether oxygens (including phenoxy) is 1. The van der Waals surface area contributed by atoms with Gasteiger partial charge in [0, 0.05) is 23.3 Å². The van der Waals surface area contributed by atoms with E-state index in [0.29, 0.717) is 5.82 Å². The molecule has 0 amide bonds. The largest absolute Gasteiger partial charge is 0.373 e. The van der Waals surface area contributed by atoms with E-state index in [1.54, 1.807) is 12.4 Å². The van der Waals surface area contributed by atoms with Crippen molar-refractivity contribution in [3.05, 3.63) is 48.8 Å². The second-order valence-corrected chi connectivity index (χ2v) is 6.29. The molecule has 0 saturated carbocycles. The molecule has 3 aromatic rings. The van der Waals surface area contributed by atoms with Gasteiger partial charge in [-0.1, -0.05) is 12.1 Å². The number of hydrogen-bond donors (Lipinski definition) is 1. The highest BCUT2D eigenvalue weighted by Crippen LogP contribution is 2.28. The second-order valence-electron chi connectivity index (χ2n) is 6.29. The molecule has 1 fully saturated rings. The molecule has 0 radical (unpaired) electrons. The Morgan fingerprint density at radius 1 is 1.04 bits per heavy atom. The van der Waals surface area contributed by atoms with Crippen LogP contribution in [0.4, 0.5) is 5.82 Å². The summed E-state index contributed by atoms with van der Waals surface area (Å²) in [5.41, 5.74) is 1.89. The first-order valence-corrected chi connectivity index (χ1v) is 8.30. The Morgan fingerprint density at radius 2 is 1.83 bits per heavy atom. The van der Waals surface area contributed by atoms with Crippen molar-refractivity contribution < 1.29 is 4.74 Å². The third-order valence-electron chi connectivity index (χ3n) is 4.46. The summed E-state index contributed by atoms with van der Waals surface area (Å²) in [6.07, 6.45) is 4.93. The Morgan fingerprint density at radius 3 is 2.58 bits per heavy atom. The molecular weight excluding hydrogens is 300 g/mol. The number of rotatable bonds is 3. The number of benzene rings is 1. The first-order chi connectivity index (χ1) is 11.7. The zero-order valence-corrected chi connectivity index (χ0v) is 13.8. The number of pyridine rings is 1. The van der Waals surface area contributed by atoms with Gasteiger partial charge in [-0.3, -0.25) is 4.98 Å². The maximum absolute atomic E-state index is 5.86. The van der Waals surface area contributed by atoms with Crippen LogP contribution in [0.25, 0.3) is 22.3 Å². The number of nitrogens with zero attached hydrogens (tertiary/aromatic N) is 3. The van der Waals surface area contributed by atoms with Gasteiger partial charge in [0.15, 0.2) is 5.82 Å². The molecule has 1 aliphatic heterocycles. The quantitative estimate of drug-likeness (QED) is 0.798. The monoisotopic (exact) mass is 320 g/mol. The molecule has 0 aliphatic carbocycles. The van der Waals surface area contributed by atoms with Crippen LogP contribution in [0.3, 0.4) is 0 Å². The molecule has 0 bridgehead atoms. The zero-order valence-electron chi connectivity index (χ0n) is 13.8. The van der Waals surface area contributed by atoms with Crippen molar-refractivity contribution >= 4 is 16.7 Å². The zero-order chi connectivity index (χ0) is 16.5. The fraction of sp³-hybridized carbons (Fsp3) is 0.316. The van der Waals surface area contributed by atoms with Crippen molar-refractivity contribution in [2.24, 2.45) is 0 Å². The summed E-state index contributed by atoms with van der Waals surface area (Å²) >= 11 is 0. The van der Waals surface area contributed by atoms with Crippen LogP contribution in [0.5, 0.6) is 0 Å². The Bertz CT molecular complexity index is 852. The number of aromatic nitrogens is 3. The normalized spacial score (nSPS) is 23.5. The third kappa shape index (κ3) is 2.83. The van der Waals surface area contributed by atoms with Crippen molar-refractivity contribution in [2.75, 3.05) is 5.32 Å². The molecular formula is C19H20N4O. The van der Waals surface area contributed by atoms with Gasteiger partial charge in [-0.2, -0.15) is 0 Å². The molecule has 24 heavy (non-hydrogen) atoms. The number of para-hydroxylation sites is 1. The fourth-order valence-electron chi connectivity index (χ4n) is 3.23. The van der Waals surface area contributed by atoms with E-state index in [9.17, 15) is 0 Å². The molecule has 1 N–H and O–H groups in total. The lowest BCUT2D eigenvalue weighted by Crippen LogP contribution is -2.27. The maximum atomic E-state index is 5.86. The lowest BCUT2D eigenvalue weighted by atomic mass is 10.1. The SMILES string of the molecule is CC1CC(Nc2nc(-c3ccncc3)nc3ccccc23)C(C)O1. The lowest BCUT2D eigenvalue weighted by Gasteiger charge is -2.18. The molecule has 122 valence electrons. The Balaban J connectivity index is 1.78. The fourth-order valence-corrected chi connectivity index (χ4v) is 3.23. The van der Waals surface area contributed by atoms with Crippen LogP contribution in [0, 0.1) is 0 Å². The van der Waals surface area contributed by atoms with Crippen LogP contribution in [-0.2, 0) is 4.74 Å². The third-order valence-corrected chi connectivity index (χ3v) is 4.46. The highest BCUT2D eigenvalue weighted by molar-refractivity contribution is 5.90. The molecule has 1 aromatic carbocycles. The summed E-state index contributed by atoms with van der Waals surface area (Å²) < 4.78 is 5.86. The van der Waals surface area contributed by atoms with Gasteiger partial charge in [0.05, 0.1) is 23.8 Å². The van der Waals surface area contributed by atoms with E-state index >= 15 is 0 Å². The molecule has 5 nitrogen and oxygen atoms in total. The highest BCUT2D eigenvalue weighted by atomic mass is 16.5. The van der Waals surface area contributed by atoms with Crippen LogP contribution in [0.1, 0.15) is 20.3 Å². The summed E-state index contributed by atoms with van der Waals surface area (Å²) in [5, 5.41) is 4.61. The Hall–Kier alpha value is -2.53. The van der Waals surface area contributed by atoms with Crippen LogP contribution in [0.15, 0.2) is 48.8 Å². The second kappa shape index (κ2) is 6.17. The summed E-state index contributed by atoms with van der Waals surface area (Å²) in [5.74, 6) is 1.57. The predicted octanol–water partition coefficient (Wildman–Crippen LogP) is 3.67. The molecule has 5 heteroatoms. The van der Waals surface area contributed by atoms with Crippen molar-refractivity contribution in [2.45, 2.75) is 38.5 Å². The van der Waals surface area contributed by atoms with E-state index < -0.39 is 0 Å². The van der Waals surface area contributed by atoms with Crippen molar-refractivity contribution in [3.8, 4) is 11.4 Å². The summed E-state index contributed by atoms with van der Waals surface area (Å²) in [6, 6.07) is 12.2. The van der Waals surface area contributed by atoms with Gasteiger partial charge in [0.1, 0.15) is 5.82 Å². The van der Waals surface area contributed by atoms with E-state index in [2.05, 4.69) is 30.2 Å². The van der Waals surface area contributed by atoms with Crippen LogP contribution >= 0.6 is 0 Å². The van der Waals surface area contributed by atoms with Crippen LogP contribution < -0.4 is 5.32 Å².